The predicted octanol–water partition coefficient (Wildman–Crippen LogP) is 0.147. The van der Waals surface area contributed by atoms with E-state index in [9.17, 15) is 9.36 Å². The van der Waals surface area contributed by atoms with Crippen molar-refractivity contribution in [1.82, 2.24) is 0 Å². The third-order valence-electron chi connectivity index (χ3n) is 0.937. The molecular weight excluding hydrogens is 215 g/mol. The maximum atomic E-state index is 10.8. The molecule has 0 aromatic heterocycles. The van der Waals surface area contributed by atoms with Crippen LogP contribution in [-0.4, -0.2) is 29.2 Å². The van der Waals surface area contributed by atoms with Crippen LogP contribution in [0.15, 0.2) is 12.7 Å². The topological polar surface area (TPSA) is 102 Å². The van der Waals surface area contributed by atoms with E-state index in [2.05, 4.69) is 20.7 Å². The minimum absolute atomic E-state index is 0.170. The van der Waals surface area contributed by atoms with Crippen LogP contribution >= 0.6 is 7.82 Å². The highest BCUT2D eigenvalue weighted by Crippen LogP contribution is 2.43. The van der Waals surface area contributed by atoms with Gasteiger partial charge in [0, 0.05) is 12.7 Å². The Balaban J connectivity index is 3.77. The van der Waals surface area contributed by atoms with Gasteiger partial charge in [0.25, 0.3) is 0 Å². The van der Waals surface area contributed by atoms with E-state index in [4.69, 9.17) is 10.00 Å². The average molecular weight is 226 g/mol. The molecule has 0 saturated heterocycles. The van der Waals surface area contributed by atoms with Crippen molar-refractivity contribution in [3.05, 3.63) is 12.7 Å². The number of phosphoric ester groups is 1. The molecule has 0 aliphatic rings. The van der Waals surface area contributed by atoms with Gasteiger partial charge in [-0.05, 0) is 6.42 Å². The molecule has 0 fully saturated rings. The van der Waals surface area contributed by atoms with Gasteiger partial charge < -0.3 is 10.00 Å². The van der Waals surface area contributed by atoms with Crippen LogP contribution in [0.2, 0.25) is 0 Å². The van der Waals surface area contributed by atoms with Gasteiger partial charge in [-0.15, -0.1) is 0 Å². The summed E-state index contributed by atoms with van der Waals surface area (Å²) >= 11 is 0. The Hall–Kier alpha value is -0.720. The molecule has 0 bridgehead atoms. The summed E-state index contributed by atoms with van der Waals surface area (Å²) < 4.78 is 18.9. The maximum Gasteiger partial charge on any atom is 0.508 e. The predicted molar refractivity (Wildman–Crippen MR) is 44.9 cm³/mol. The van der Waals surface area contributed by atoms with E-state index in [1.54, 1.807) is 0 Å². The van der Waals surface area contributed by atoms with Crippen LogP contribution in [-0.2, 0) is 23.4 Å². The zero-order chi connectivity index (χ0) is 11.0. The van der Waals surface area contributed by atoms with E-state index in [0.29, 0.717) is 0 Å². The molecule has 0 aromatic rings. The Bertz CT molecular complexity index is 238. The Kier molecular flexibility index (Phi) is 6.35. The van der Waals surface area contributed by atoms with E-state index >= 15 is 0 Å². The molecule has 1 atom stereocenters. The van der Waals surface area contributed by atoms with E-state index in [1.165, 1.54) is 0 Å². The monoisotopic (exact) mass is 226 g/mol. The Morgan fingerprint density at radius 2 is 2.21 bits per heavy atom. The fourth-order valence-corrected chi connectivity index (χ4v) is 0.954. The third-order valence-corrected chi connectivity index (χ3v) is 1.71. The fraction of sp³-hybridized carbons (Fsp3) is 0.500. The SMILES string of the molecule is C=CC(=O)OOP(=O)(O)OCCCO. The number of aliphatic hydroxyl groups excluding tert-OH is 1. The Morgan fingerprint density at radius 3 is 2.71 bits per heavy atom. The van der Waals surface area contributed by atoms with Crippen LogP contribution in [0.3, 0.4) is 0 Å². The quantitative estimate of drug-likeness (QED) is 0.209. The molecule has 0 saturated carbocycles. The molecule has 14 heavy (non-hydrogen) atoms. The molecule has 8 heteroatoms. The van der Waals surface area contributed by atoms with Gasteiger partial charge in [-0.3, -0.25) is 9.41 Å². The van der Waals surface area contributed by atoms with Crippen LogP contribution in [0.25, 0.3) is 0 Å². The van der Waals surface area contributed by atoms with Crippen molar-refractivity contribution in [3.8, 4) is 0 Å². The first-order valence-electron chi connectivity index (χ1n) is 3.62. The molecule has 0 heterocycles. The van der Waals surface area contributed by atoms with Crippen LogP contribution in [0, 0.1) is 0 Å². The van der Waals surface area contributed by atoms with Gasteiger partial charge in [-0.25, -0.2) is 9.36 Å². The molecule has 82 valence electrons. The van der Waals surface area contributed by atoms with Crippen molar-refractivity contribution >= 4 is 13.8 Å². The second-order valence-electron chi connectivity index (χ2n) is 2.06. The largest absolute Gasteiger partial charge is 0.508 e. The van der Waals surface area contributed by atoms with Gasteiger partial charge >= 0.3 is 13.8 Å². The molecular formula is C6H11O7P. The maximum absolute atomic E-state index is 10.8. The summed E-state index contributed by atoms with van der Waals surface area (Å²) in [5, 5.41) is 8.33. The first kappa shape index (κ1) is 13.3. The number of phosphoric acid groups is 1. The van der Waals surface area contributed by atoms with E-state index in [0.717, 1.165) is 6.08 Å². The number of hydrogen-bond donors (Lipinski definition) is 2. The lowest BCUT2D eigenvalue weighted by molar-refractivity contribution is -0.217. The minimum atomic E-state index is -4.39. The van der Waals surface area contributed by atoms with Gasteiger partial charge in [-0.1, -0.05) is 11.3 Å². The molecule has 0 spiro atoms. The first-order valence-corrected chi connectivity index (χ1v) is 5.12. The fourth-order valence-electron chi connectivity index (χ4n) is 0.384. The van der Waals surface area contributed by atoms with Crippen molar-refractivity contribution < 1.29 is 33.4 Å². The summed E-state index contributed by atoms with van der Waals surface area (Å²) in [6.07, 6.45) is 0.928. The highest BCUT2D eigenvalue weighted by molar-refractivity contribution is 7.47. The highest BCUT2D eigenvalue weighted by atomic mass is 31.2. The van der Waals surface area contributed by atoms with Crippen LogP contribution in [0.1, 0.15) is 6.42 Å². The zero-order valence-corrected chi connectivity index (χ0v) is 8.18. The van der Waals surface area contributed by atoms with E-state index in [-0.39, 0.29) is 19.6 Å². The molecule has 1 unspecified atom stereocenters. The summed E-state index contributed by atoms with van der Waals surface area (Å²) in [6, 6.07) is 0. The van der Waals surface area contributed by atoms with E-state index in [1.807, 2.05) is 0 Å². The molecule has 2 N–H and O–H groups in total. The second kappa shape index (κ2) is 6.69. The molecule has 0 aromatic carbocycles. The molecule has 7 nitrogen and oxygen atoms in total. The molecule has 0 aliphatic carbocycles. The van der Waals surface area contributed by atoms with Crippen LogP contribution in [0.4, 0.5) is 0 Å². The summed E-state index contributed by atoms with van der Waals surface area (Å²) in [6.45, 7) is 2.66. The standard InChI is InChI=1S/C6H11O7P/c1-2-6(8)12-13-14(9,10)11-5-3-4-7/h2,7H,1,3-5H2,(H,9,10). The van der Waals surface area contributed by atoms with Gasteiger partial charge in [0.1, 0.15) is 0 Å². The van der Waals surface area contributed by atoms with Gasteiger partial charge in [-0.2, -0.15) is 0 Å². The third kappa shape index (κ3) is 6.76. The van der Waals surface area contributed by atoms with Gasteiger partial charge in [0.15, 0.2) is 0 Å². The van der Waals surface area contributed by atoms with Crippen molar-refractivity contribution in [2.75, 3.05) is 13.2 Å². The lowest BCUT2D eigenvalue weighted by atomic mass is 10.5. The number of hydrogen-bond acceptors (Lipinski definition) is 6. The first-order chi connectivity index (χ1) is 6.52. The highest BCUT2D eigenvalue weighted by Gasteiger charge is 2.24. The zero-order valence-electron chi connectivity index (χ0n) is 7.29. The summed E-state index contributed by atoms with van der Waals surface area (Å²) in [5.74, 6) is -1.01. The minimum Gasteiger partial charge on any atom is -0.396 e. The summed E-state index contributed by atoms with van der Waals surface area (Å²) in [5.41, 5.74) is 0. The van der Waals surface area contributed by atoms with E-state index < -0.39 is 13.8 Å². The number of carbonyl (C=O) groups excluding carboxylic acids is 1. The molecule has 0 radical (unpaired) electrons. The van der Waals surface area contributed by atoms with Crippen molar-refractivity contribution in [1.29, 1.82) is 0 Å². The molecule has 0 rings (SSSR count). The Morgan fingerprint density at radius 1 is 1.57 bits per heavy atom. The number of aliphatic hydroxyl groups is 1. The number of rotatable bonds is 7. The molecule has 0 aliphatic heterocycles. The summed E-state index contributed by atoms with van der Waals surface area (Å²) in [4.78, 5) is 23.0. The van der Waals surface area contributed by atoms with Gasteiger partial charge in [0.05, 0.1) is 6.61 Å². The molecule has 0 amide bonds. The lowest BCUT2D eigenvalue weighted by Crippen LogP contribution is -2.03. The average Bonchev–Trinajstić information content (AvgIpc) is 2.14. The van der Waals surface area contributed by atoms with Crippen molar-refractivity contribution in [2.45, 2.75) is 6.42 Å². The normalized spacial score (nSPS) is 14.4. The summed E-state index contributed by atoms with van der Waals surface area (Å²) in [7, 11) is -4.39. The lowest BCUT2D eigenvalue weighted by Gasteiger charge is -2.08. The van der Waals surface area contributed by atoms with Crippen molar-refractivity contribution in [2.24, 2.45) is 0 Å². The van der Waals surface area contributed by atoms with Crippen LogP contribution in [0.5, 0.6) is 0 Å². The van der Waals surface area contributed by atoms with Gasteiger partial charge in [0.2, 0.25) is 0 Å². The Labute approximate surface area is 80.4 Å². The van der Waals surface area contributed by atoms with Crippen LogP contribution < -0.4 is 0 Å². The van der Waals surface area contributed by atoms with Crippen molar-refractivity contribution in [3.63, 3.8) is 0 Å². The number of carbonyl (C=O) groups is 1. The smallest absolute Gasteiger partial charge is 0.396 e. The second-order valence-corrected chi connectivity index (χ2v) is 3.40.